The van der Waals surface area contributed by atoms with Gasteiger partial charge in [-0.1, -0.05) is 67.1 Å². The number of hydrogen-bond acceptors (Lipinski definition) is 3. The summed E-state index contributed by atoms with van der Waals surface area (Å²) in [5.74, 6) is -0.106. The fraction of sp³-hybridized carbons (Fsp3) is 0.435. The van der Waals surface area contributed by atoms with Crippen LogP contribution in [0.5, 0.6) is 0 Å². The lowest BCUT2D eigenvalue weighted by molar-refractivity contribution is -0.126. The highest BCUT2D eigenvalue weighted by Crippen LogP contribution is 2.24. The van der Waals surface area contributed by atoms with Crippen LogP contribution in [0.2, 0.25) is 0 Å². The lowest BCUT2D eigenvalue weighted by atomic mass is 9.96. The van der Waals surface area contributed by atoms with Crippen LogP contribution in [0.3, 0.4) is 0 Å². The van der Waals surface area contributed by atoms with Gasteiger partial charge in [-0.15, -0.1) is 0 Å². The summed E-state index contributed by atoms with van der Waals surface area (Å²) in [4.78, 5) is 12.7. The van der Waals surface area contributed by atoms with E-state index in [4.69, 9.17) is 0 Å². The van der Waals surface area contributed by atoms with Crippen LogP contribution in [0.4, 0.5) is 0 Å². The molecular weight excluding hydrogens is 384 g/mol. The Labute approximate surface area is 174 Å². The van der Waals surface area contributed by atoms with E-state index in [0.29, 0.717) is 25.9 Å². The summed E-state index contributed by atoms with van der Waals surface area (Å²) in [6.07, 6.45) is 1.94. The maximum absolute atomic E-state index is 12.8. The number of sulfonamides is 1. The molecule has 2 aromatic carbocycles. The molecule has 3 rings (SSSR count). The number of carbonyl (C=O) groups is 1. The molecule has 1 N–H and O–H groups in total. The molecule has 6 heteroatoms. The van der Waals surface area contributed by atoms with Crippen LogP contribution < -0.4 is 5.32 Å². The number of hydrogen-bond donors (Lipinski definition) is 1. The van der Waals surface area contributed by atoms with E-state index in [1.807, 2.05) is 61.5 Å². The Morgan fingerprint density at radius 1 is 1.07 bits per heavy atom. The lowest BCUT2D eigenvalue weighted by Gasteiger charge is -2.31. The first-order valence-electron chi connectivity index (χ1n) is 10.3. The molecule has 0 aliphatic carbocycles. The molecule has 1 fully saturated rings. The largest absolute Gasteiger partial charge is 0.349 e. The highest BCUT2D eigenvalue weighted by molar-refractivity contribution is 7.88. The van der Waals surface area contributed by atoms with Gasteiger partial charge in [0.15, 0.2) is 0 Å². The lowest BCUT2D eigenvalue weighted by Crippen LogP contribution is -2.44. The highest BCUT2D eigenvalue weighted by atomic mass is 32.2. The maximum Gasteiger partial charge on any atom is 0.223 e. The van der Waals surface area contributed by atoms with Crippen LogP contribution in [-0.4, -0.2) is 31.7 Å². The van der Waals surface area contributed by atoms with Gasteiger partial charge in [0.25, 0.3) is 0 Å². The zero-order chi connectivity index (χ0) is 20.9. The van der Waals surface area contributed by atoms with Gasteiger partial charge in [-0.05, 0) is 37.3 Å². The number of aryl methyl sites for hydroxylation is 1. The second-order valence-corrected chi connectivity index (χ2v) is 9.76. The zero-order valence-corrected chi connectivity index (χ0v) is 18.0. The summed E-state index contributed by atoms with van der Waals surface area (Å²) in [5, 5.41) is 3.14. The molecule has 156 valence electrons. The first-order valence-corrected chi connectivity index (χ1v) is 11.9. The minimum Gasteiger partial charge on any atom is -0.349 e. The van der Waals surface area contributed by atoms with Crippen LogP contribution in [0.1, 0.15) is 48.9 Å². The number of amides is 1. The zero-order valence-electron chi connectivity index (χ0n) is 17.2. The molecule has 5 nitrogen and oxygen atoms in total. The van der Waals surface area contributed by atoms with Gasteiger partial charge in [0, 0.05) is 19.0 Å². The molecule has 1 aliphatic rings. The Morgan fingerprint density at radius 2 is 1.69 bits per heavy atom. The molecule has 1 heterocycles. The van der Waals surface area contributed by atoms with Crippen LogP contribution in [0.25, 0.3) is 0 Å². The van der Waals surface area contributed by atoms with Gasteiger partial charge in [0.1, 0.15) is 0 Å². The smallest absolute Gasteiger partial charge is 0.223 e. The van der Waals surface area contributed by atoms with Crippen LogP contribution >= 0.6 is 0 Å². The molecule has 0 unspecified atom stereocenters. The van der Waals surface area contributed by atoms with Crippen LogP contribution in [0, 0.1) is 12.8 Å². The normalized spacial score (nSPS) is 17.0. The predicted molar refractivity (Wildman–Crippen MR) is 116 cm³/mol. The summed E-state index contributed by atoms with van der Waals surface area (Å²) >= 11 is 0. The Morgan fingerprint density at radius 3 is 2.28 bits per heavy atom. The van der Waals surface area contributed by atoms with Crippen molar-refractivity contribution in [2.24, 2.45) is 5.92 Å². The molecule has 0 saturated carbocycles. The average molecular weight is 415 g/mol. The van der Waals surface area contributed by atoms with Crippen molar-refractivity contribution in [2.75, 3.05) is 13.1 Å². The molecule has 1 amide bonds. The summed E-state index contributed by atoms with van der Waals surface area (Å²) in [5.41, 5.74) is 3.00. The minimum atomic E-state index is -3.37. The Kier molecular flexibility index (Phi) is 7.09. The Hall–Kier alpha value is -2.18. The van der Waals surface area contributed by atoms with Crippen molar-refractivity contribution in [2.45, 2.75) is 44.9 Å². The first-order chi connectivity index (χ1) is 13.9. The third kappa shape index (κ3) is 5.67. The van der Waals surface area contributed by atoms with Gasteiger partial charge in [-0.3, -0.25) is 4.79 Å². The van der Waals surface area contributed by atoms with E-state index in [9.17, 15) is 13.2 Å². The van der Waals surface area contributed by atoms with Crippen LogP contribution in [0.15, 0.2) is 54.6 Å². The van der Waals surface area contributed by atoms with Gasteiger partial charge < -0.3 is 5.32 Å². The SMILES string of the molecule is CC[C@H](NC(=O)C1CCN(S(=O)(=O)Cc2ccc(C)cc2)CC1)c1ccccc1. The second-order valence-electron chi connectivity index (χ2n) is 7.80. The van der Waals surface area contributed by atoms with E-state index in [1.165, 1.54) is 4.31 Å². The molecule has 2 aromatic rings. The highest BCUT2D eigenvalue weighted by Gasteiger charge is 2.31. The van der Waals surface area contributed by atoms with Crippen molar-refractivity contribution in [3.8, 4) is 0 Å². The molecular formula is C23H30N2O3S. The minimum absolute atomic E-state index is 0.00741. The quantitative estimate of drug-likeness (QED) is 0.749. The van der Waals surface area contributed by atoms with Crippen molar-refractivity contribution >= 4 is 15.9 Å². The van der Waals surface area contributed by atoms with Gasteiger partial charge >= 0.3 is 0 Å². The first kappa shape index (κ1) is 21.5. The third-order valence-corrected chi connectivity index (χ3v) is 7.46. The van der Waals surface area contributed by atoms with Gasteiger partial charge in [-0.2, -0.15) is 0 Å². The van der Waals surface area contributed by atoms with E-state index >= 15 is 0 Å². The van der Waals surface area contributed by atoms with Gasteiger partial charge in [-0.25, -0.2) is 12.7 Å². The molecule has 29 heavy (non-hydrogen) atoms. The Bertz CT molecular complexity index is 903. The summed E-state index contributed by atoms with van der Waals surface area (Å²) in [7, 11) is -3.37. The van der Waals surface area contributed by atoms with Crippen molar-refractivity contribution in [1.82, 2.24) is 9.62 Å². The number of carbonyl (C=O) groups excluding carboxylic acids is 1. The van der Waals surface area contributed by atoms with Crippen molar-refractivity contribution in [1.29, 1.82) is 0 Å². The van der Waals surface area contributed by atoms with Crippen molar-refractivity contribution < 1.29 is 13.2 Å². The van der Waals surface area contributed by atoms with E-state index in [2.05, 4.69) is 12.2 Å². The third-order valence-electron chi connectivity index (χ3n) is 5.61. The number of nitrogens with zero attached hydrogens (tertiary/aromatic N) is 1. The van der Waals surface area contributed by atoms with Crippen LogP contribution in [-0.2, 0) is 20.6 Å². The standard InChI is InChI=1S/C23H30N2O3S/c1-3-22(20-7-5-4-6-8-20)24-23(26)21-13-15-25(16-14-21)29(27,28)17-19-11-9-18(2)10-12-19/h4-12,21-22H,3,13-17H2,1-2H3,(H,24,26)/t22-/m0/s1. The number of nitrogens with one attached hydrogen (secondary N) is 1. The average Bonchev–Trinajstić information content (AvgIpc) is 2.74. The van der Waals surface area contributed by atoms with Gasteiger partial charge in [0.05, 0.1) is 11.8 Å². The van der Waals surface area contributed by atoms with E-state index in [-0.39, 0.29) is 23.6 Å². The van der Waals surface area contributed by atoms with Gasteiger partial charge in [0.2, 0.25) is 15.9 Å². The molecule has 0 bridgehead atoms. The van der Waals surface area contributed by atoms with Crippen molar-refractivity contribution in [3.63, 3.8) is 0 Å². The summed E-state index contributed by atoms with van der Waals surface area (Å²) < 4.78 is 27.0. The molecule has 1 atom stereocenters. The molecule has 1 aliphatic heterocycles. The summed E-state index contributed by atoms with van der Waals surface area (Å²) in [6.45, 7) is 4.83. The molecule has 0 radical (unpaired) electrons. The van der Waals surface area contributed by atoms with E-state index < -0.39 is 10.0 Å². The topological polar surface area (TPSA) is 66.5 Å². The van der Waals surface area contributed by atoms with E-state index in [1.54, 1.807) is 0 Å². The molecule has 1 saturated heterocycles. The Balaban J connectivity index is 1.55. The molecule has 0 spiro atoms. The van der Waals surface area contributed by atoms with Crippen molar-refractivity contribution in [3.05, 3.63) is 71.3 Å². The summed E-state index contributed by atoms with van der Waals surface area (Å²) in [6, 6.07) is 17.5. The van der Waals surface area contributed by atoms with E-state index in [0.717, 1.165) is 23.1 Å². The maximum atomic E-state index is 12.8. The number of rotatable bonds is 7. The fourth-order valence-electron chi connectivity index (χ4n) is 3.78. The second kappa shape index (κ2) is 9.55. The molecule has 0 aromatic heterocycles. The monoisotopic (exact) mass is 414 g/mol. The fourth-order valence-corrected chi connectivity index (χ4v) is 5.34. The number of benzene rings is 2. The number of piperidine rings is 1. The predicted octanol–water partition coefficient (Wildman–Crippen LogP) is 3.80.